The van der Waals surface area contributed by atoms with Crippen LogP contribution in [0.4, 0.5) is 0 Å². The fraction of sp³-hybridized carbons (Fsp3) is 0.154. The highest BCUT2D eigenvalue weighted by molar-refractivity contribution is 9.09. The molecule has 1 heterocycles. The molecule has 0 aliphatic carbocycles. The zero-order valence-corrected chi connectivity index (χ0v) is 12.1. The minimum absolute atomic E-state index is 0. The molecule has 0 bridgehead atoms. The van der Waals surface area contributed by atoms with E-state index in [1.54, 1.807) is 6.20 Å². The van der Waals surface area contributed by atoms with E-state index in [1.165, 1.54) is 16.7 Å². The average molecular weight is 343 g/mol. The van der Waals surface area contributed by atoms with Crippen LogP contribution in [-0.4, -0.2) is 10.3 Å². The van der Waals surface area contributed by atoms with Crippen LogP contribution in [-0.2, 0) is 6.42 Å². The number of pyridine rings is 1. The average Bonchev–Trinajstić information content (AvgIpc) is 2.31. The molecule has 16 heavy (non-hydrogen) atoms. The number of aryl methyl sites for hydroxylation is 1. The minimum Gasteiger partial charge on any atom is -0.264 e. The van der Waals surface area contributed by atoms with Crippen LogP contribution in [0.15, 0.2) is 48.8 Å². The van der Waals surface area contributed by atoms with Crippen LogP contribution in [0, 0.1) is 0 Å². The van der Waals surface area contributed by atoms with E-state index in [2.05, 4.69) is 51.2 Å². The normalized spacial score (nSPS) is 9.56. The van der Waals surface area contributed by atoms with Gasteiger partial charge in [0.15, 0.2) is 0 Å². The fourth-order valence-corrected chi connectivity index (χ4v) is 2.01. The predicted octanol–water partition coefficient (Wildman–Crippen LogP) is 4.26. The first kappa shape index (κ1) is 13.4. The highest BCUT2D eigenvalue weighted by atomic mass is 79.9. The molecule has 1 aromatic heterocycles. The Morgan fingerprint density at radius 2 is 1.88 bits per heavy atom. The molecule has 84 valence electrons. The molecule has 0 fully saturated rings. The summed E-state index contributed by atoms with van der Waals surface area (Å²) >= 11 is 3.45. The fourth-order valence-electron chi connectivity index (χ4n) is 1.55. The van der Waals surface area contributed by atoms with Gasteiger partial charge in [-0.15, -0.1) is 17.0 Å². The molecule has 1 nitrogen and oxygen atoms in total. The molecule has 1 aromatic carbocycles. The summed E-state index contributed by atoms with van der Waals surface area (Å²) in [5.41, 5.74) is 3.77. The van der Waals surface area contributed by atoms with Gasteiger partial charge in [0.1, 0.15) is 0 Å². The van der Waals surface area contributed by atoms with Crippen molar-refractivity contribution in [3.63, 3.8) is 0 Å². The first-order valence-corrected chi connectivity index (χ1v) is 6.07. The minimum atomic E-state index is 0. The number of hydrogen-bond acceptors (Lipinski definition) is 1. The van der Waals surface area contributed by atoms with Crippen LogP contribution in [0.5, 0.6) is 0 Å². The van der Waals surface area contributed by atoms with E-state index in [4.69, 9.17) is 0 Å². The van der Waals surface area contributed by atoms with Gasteiger partial charge in [0.2, 0.25) is 0 Å². The van der Waals surface area contributed by atoms with Crippen molar-refractivity contribution in [2.75, 3.05) is 5.33 Å². The van der Waals surface area contributed by atoms with Crippen molar-refractivity contribution in [1.82, 2.24) is 4.98 Å². The van der Waals surface area contributed by atoms with E-state index in [1.807, 2.05) is 12.3 Å². The smallest absolute Gasteiger partial charge is 0.0346 e. The molecule has 3 heteroatoms. The Hall–Kier alpha value is -0.670. The second-order valence-electron chi connectivity index (χ2n) is 3.38. The molecule has 0 saturated heterocycles. The largest absolute Gasteiger partial charge is 0.264 e. The Kier molecular flexibility index (Phi) is 5.71. The highest BCUT2D eigenvalue weighted by Crippen LogP contribution is 2.19. The first-order valence-electron chi connectivity index (χ1n) is 4.95. The van der Waals surface area contributed by atoms with E-state index in [9.17, 15) is 0 Å². The van der Waals surface area contributed by atoms with Crippen molar-refractivity contribution < 1.29 is 0 Å². The summed E-state index contributed by atoms with van der Waals surface area (Å²) in [7, 11) is 0. The molecular weight excluding hydrogens is 330 g/mol. The Balaban J connectivity index is 0.00000128. The molecular formula is C13H13Br2N. The summed E-state index contributed by atoms with van der Waals surface area (Å²) < 4.78 is 0. The molecule has 0 saturated carbocycles. The van der Waals surface area contributed by atoms with E-state index < -0.39 is 0 Å². The Bertz CT molecular complexity index is 429. The Morgan fingerprint density at radius 1 is 1.06 bits per heavy atom. The molecule has 0 atom stereocenters. The van der Waals surface area contributed by atoms with Crippen LogP contribution in [0.1, 0.15) is 5.56 Å². The van der Waals surface area contributed by atoms with Gasteiger partial charge in [-0.05, 0) is 29.2 Å². The molecule has 0 radical (unpaired) electrons. The van der Waals surface area contributed by atoms with Crippen molar-refractivity contribution in [1.29, 1.82) is 0 Å². The van der Waals surface area contributed by atoms with Crippen molar-refractivity contribution >= 4 is 32.9 Å². The Labute approximate surface area is 115 Å². The number of rotatable bonds is 3. The van der Waals surface area contributed by atoms with E-state index in [-0.39, 0.29) is 17.0 Å². The standard InChI is InChI=1S/C13H12BrN.BrH/c14-7-6-11-3-1-4-12(9-11)13-5-2-8-15-10-13;/h1-5,8-10H,6-7H2;1H. The quantitative estimate of drug-likeness (QED) is 0.759. The van der Waals surface area contributed by atoms with Crippen molar-refractivity contribution in [3.8, 4) is 11.1 Å². The summed E-state index contributed by atoms with van der Waals surface area (Å²) in [5, 5.41) is 1.00. The topological polar surface area (TPSA) is 12.9 Å². The number of aromatic nitrogens is 1. The summed E-state index contributed by atoms with van der Waals surface area (Å²) in [4.78, 5) is 4.13. The van der Waals surface area contributed by atoms with Gasteiger partial charge in [-0.3, -0.25) is 4.98 Å². The number of benzene rings is 1. The zero-order valence-electron chi connectivity index (χ0n) is 8.77. The number of alkyl halides is 1. The van der Waals surface area contributed by atoms with Crippen LogP contribution in [0.3, 0.4) is 0 Å². The van der Waals surface area contributed by atoms with Crippen molar-refractivity contribution in [2.24, 2.45) is 0 Å². The lowest BCUT2D eigenvalue weighted by molar-refractivity contribution is 1.17. The lowest BCUT2D eigenvalue weighted by Gasteiger charge is -2.03. The lowest BCUT2D eigenvalue weighted by atomic mass is 10.0. The van der Waals surface area contributed by atoms with Gasteiger partial charge in [0.05, 0.1) is 0 Å². The van der Waals surface area contributed by atoms with Crippen molar-refractivity contribution in [2.45, 2.75) is 6.42 Å². The van der Waals surface area contributed by atoms with Gasteiger partial charge in [-0.1, -0.05) is 46.3 Å². The second kappa shape index (κ2) is 6.81. The SMILES string of the molecule is Br.BrCCc1cccc(-c2cccnc2)c1. The first-order chi connectivity index (χ1) is 7.40. The summed E-state index contributed by atoms with van der Waals surface area (Å²) in [6.07, 6.45) is 4.76. The molecule has 2 rings (SSSR count). The number of nitrogens with zero attached hydrogens (tertiary/aromatic N) is 1. The number of halogens is 2. The molecule has 0 amide bonds. The zero-order chi connectivity index (χ0) is 10.5. The molecule has 0 spiro atoms. The van der Waals surface area contributed by atoms with E-state index in [0.29, 0.717) is 0 Å². The maximum Gasteiger partial charge on any atom is 0.0346 e. The third-order valence-electron chi connectivity index (χ3n) is 2.31. The van der Waals surface area contributed by atoms with Gasteiger partial charge in [0.25, 0.3) is 0 Å². The molecule has 0 unspecified atom stereocenters. The van der Waals surface area contributed by atoms with Crippen LogP contribution in [0.2, 0.25) is 0 Å². The summed E-state index contributed by atoms with van der Waals surface area (Å²) in [5.74, 6) is 0. The third kappa shape index (κ3) is 3.42. The van der Waals surface area contributed by atoms with Crippen molar-refractivity contribution in [3.05, 3.63) is 54.4 Å². The maximum absolute atomic E-state index is 4.13. The summed E-state index contributed by atoms with van der Waals surface area (Å²) in [6.45, 7) is 0. The maximum atomic E-state index is 4.13. The monoisotopic (exact) mass is 341 g/mol. The second-order valence-corrected chi connectivity index (χ2v) is 4.17. The van der Waals surface area contributed by atoms with E-state index in [0.717, 1.165) is 11.8 Å². The summed E-state index contributed by atoms with van der Waals surface area (Å²) in [6, 6.07) is 12.6. The van der Waals surface area contributed by atoms with Crippen LogP contribution < -0.4 is 0 Å². The van der Waals surface area contributed by atoms with Gasteiger partial charge in [-0.2, -0.15) is 0 Å². The van der Waals surface area contributed by atoms with Crippen LogP contribution in [0.25, 0.3) is 11.1 Å². The molecule has 0 aliphatic heterocycles. The van der Waals surface area contributed by atoms with E-state index >= 15 is 0 Å². The predicted molar refractivity (Wildman–Crippen MR) is 77.5 cm³/mol. The molecule has 0 N–H and O–H groups in total. The van der Waals surface area contributed by atoms with Crippen LogP contribution >= 0.6 is 32.9 Å². The van der Waals surface area contributed by atoms with Gasteiger partial charge in [-0.25, -0.2) is 0 Å². The van der Waals surface area contributed by atoms with Gasteiger partial charge in [0, 0.05) is 17.7 Å². The highest BCUT2D eigenvalue weighted by Gasteiger charge is 1.98. The lowest BCUT2D eigenvalue weighted by Crippen LogP contribution is -1.86. The third-order valence-corrected chi connectivity index (χ3v) is 2.70. The molecule has 2 aromatic rings. The molecule has 0 aliphatic rings. The van der Waals surface area contributed by atoms with Gasteiger partial charge >= 0.3 is 0 Å². The Morgan fingerprint density at radius 3 is 2.56 bits per heavy atom. The van der Waals surface area contributed by atoms with Gasteiger partial charge < -0.3 is 0 Å². The number of hydrogen-bond donors (Lipinski definition) is 0.